The Balaban J connectivity index is 1.20. The fraction of sp³-hybridized carbons (Fsp3) is 0.490. The Kier molecular flexibility index (Phi) is 11.1. The minimum atomic E-state index is -1.93. The Morgan fingerprint density at radius 3 is 1.98 bits per heavy atom. The first-order valence-corrected chi connectivity index (χ1v) is 23.1. The van der Waals surface area contributed by atoms with Crippen LogP contribution in [0.25, 0.3) is 44.2 Å². The maximum atomic E-state index is 12.4. The van der Waals surface area contributed by atoms with Gasteiger partial charge in [-0.05, 0) is 110 Å². The Bertz CT molecular complexity index is 2260. The molecule has 0 amide bonds. The van der Waals surface area contributed by atoms with E-state index in [1.54, 1.807) is 6.92 Å². The van der Waals surface area contributed by atoms with Gasteiger partial charge in [0.2, 0.25) is 0 Å². The number of ether oxygens (including phenoxy) is 2. The van der Waals surface area contributed by atoms with E-state index >= 15 is 0 Å². The highest BCUT2D eigenvalue weighted by Crippen LogP contribution is 2.69. The summed E-state index contributed by atoms with van der Waals surface area (Å²) < 4.78 is 33.1. The van der Waals surface area contributed by atoms with Crippen molar-refractivity contribution < 1.29 is 32.0 Å². The van der Waals surface area contributed by atoms with Crippen molar-refractivity contribution in [1.82, 2.24) is 0 Å². The van der Waals surface area contributed by atoms with Gasteiger partial charge in [-0.3, -0.25) is 14.1 Å². The minimum Gasteiger partial charge on any atom is -0.469 e. The second kappa shape index (κ2) is 16.3. The summed E-state index contributed by atoms with van der Waals surface area (Å²) >= 11 is 0. The lowest BCUT2D eigenvalue weighted by molar-refractivity contribution is -0.172. The van der Waals surface area contributed by atoms with E-state index in [-0.39, 0.29) is 35.0 Å². The van der Waals surface area contributed by atoms with Crippen molar-refractivity contribution in [2.75, 3.05) is 7.11 Å². The van der Waals surface area contributed by atoms with E-state index in [0.29, 0.717) is 41.9 Å². The van der Waals surface area contributed by atoms with Crippen LogP contribution in [0.5, 0.6) is 0 Å². The maximum absolute atomic E-state index is 12.4. The number of rotatable bonds is 9. The molecule has 1 aromatic heterocycles. The molecule has 4 aliphatic rings. The highest BCUT2D eigenvalue weighted by Gasteiger charge is 2.65. The molecule has 4 saturated carbocycles. The van der Waals surface area contributed by atoms with Crippen molar-refractivity contribution in [3.8, 4) is 22.3 Å². The first kappa shape index (κ1) is 40.1. The van der Waals surface area contributed by atoms with Crippen LogP contribution in [0, 0.1) is 46.3 Å². The van der Waals surface area contributed by atoms with Gasteiger partial charge < -0.3 is 17.9 Å². The summed E-state index contributed by atoms with van der Waals surface area (Å²) in [7, 11) is -0.446. The minimum absolute atomic E-state index is 0.00329. The molecule has 0 radical (unpaired) electrons. The quantitative estimate of drug-likeness (QED) is 0.137. The van der Waals surface area contributed by atoms with Gasteiger partial charge in [0.15, 0.2) is 11.2 Å². The molecule has 10 atom stereocenters. The summed E-state index contributed by atoms with van der Waals surface area (Å²) in [6, 6.07) is 33.7. The molecule has 5 aromatic rings. The van der Waals surface area contributed by atoms with Crippen LogP contribution in [0.4, 0.5) is 0 Å². The van der Waals surface area contributed by atoms with E-state index < -0.39 is 8.24 Å². The van der Waals surface area contributed by atoms with E-state index in [9.17, 15) is 9.59 Å². The molecule has 0 N–H and O–H groups in total. The van der Waals surface area contributed by atoms with Gasteiger partial charge in [0.1, 0.15) is 6.10 Å². The Hall–Kier alpha value is -4.32. The molecule has 4 aliphatic carbocycles. The van der Waals surface area contributed by atoms with E-state index in [4.69, 9.17) is 22.4 Å². The highest BCUT2D eigenvalue weighted by atomic mass is 31.1. The molecule has 59 heavy (non-hydrogen) atoms. The summed E-state index contributed by atoms with van der Waals surface area (Å²) in [5.74, 6) is 2.39. The molecular weight excluding hydrogens is 756 g/mol. The summed E-state index contributed by atoms with van der Waals surface area (Å²) in [5.41, 5.74) is 5.71. The lowest BCUT2D eigenvalue weighted by Gasteiger charge is -2.62. The van der Waals surface area contributed by atoms with Crippen LogP contribution in [0.2, 0.25) is 0 Å². The number of fused-ring (bicyclic) bond motifs is 8. The van der Waals surface area contributed by atoms with E-state index in [1.807, 2.05) is 12.1 Å². The third-order valence-corrected chi connectivity index (χ3v) is 16.9. The highest BCUT2D eigenvalue weighted by molar-refractivity contribution is 7.31. The fourth-order valence-corrected chi connectivity index (χ4v) is 14.3. The van der Waals surface area contributed by atoms with Gasteiger partial charge in [-0.2, -0.15) is 0 Å². The van der Waals surface area contributed by atoms with Crippen molar-refractivity contribution in [1.29, 1.82) is 0 Å². The van der Waals surface area contributed by atoms with E-state index in [2.05, 4.69) is 106 Å². The molecule has 0 bridgehead atoms. The zero-order chi connectivity index (χ0) is 40.9. The van der Waals surface area contributed by atoms with Crippen LogP contribution >= 0.6 is 8.24 Å². The summed E-state index contributed by atoms with van der Waals surface area (Å²) in [6.07, 6.45) is 9.55. The Labute approximate surface area is 349 Å². The number of carbonyl (C=O) groups is 2. The Morgan fingerprint density at radius 2 is 1.39 bits per heavy atom. The molecule has 0 saturated heterocycles. The molecule has 0 aliphatic heterocycles. The van der Waals surface area contributed by atoms with Gasteiger partial charge >= 0.3 is 20.2 Å². The summed E-state index contributed by atoms with van der Waals surface area (Å²) in [4.78, 5) is 24.5. The zero-order valence-electron chi connectivity index (χ0n) is 35.2. The van der Waals surface area contributed by atoms with Crippen molar-refractivity contribution in [2.24, 2.45) is 46.3 Å². The normalized spacial score (nSPS) is 30.5. The number of para-hydroxylation sites is 2. The second-order valence-electron chi connectivity index (χ2n) is 18.6. The number of benzene rings is 4. The molecule has 4 aromatic carbocycles. The van der Waals surface area contributed by atoms with E-state index in [0.717, 1.165) is 89.1 Å². The van der Waals surface area contributed by atoms with Crippen LogP contribution < -0.4 is 4.52 Å². The standard InChI is InChI=1S/C51H59O7P/c1-32(22-27-47(53)54-5)43-25-26-44-42-24-23-36-30-37(55-33(2)52)28-29-50(36,3)45(42)31-46(51(43,44)4)56-59-57-48-38(34-14-8-6-9-15-34)18-12-20-40(48)41-21-13-19-39(49(41)58-59)35-16-10-7-11-17-35/h6-21,32,36-37,42-46H,22-31H2,1-5H3/t32-,36-,37-,42+,43-,44+,45+,46+,50+,51-/m1/s1. The van der Waals surface area contributed by atoms with Crippen molar-refractivity contribution >= 4 is 42.1 Å². The Morgan fingerprint density at radius 1 is 0.763 bits per heavy atom. The average molecular weight is 815 g/mol. The zero-order valence-corrected chi connectivity index (χ0v) is 36.1. The molecule has 7 nitrogen and oxygen atoms in total. The predicted molar refractivity (Wildman–Crippen MR) is 234 cm³/mol. The maximum Gasteiger partial charge on any atom is 0.387 e. The van der Waals surface area contributed by atoms with Gasteiger partial charge in [-0.25, -0.2) is 0 Å². The molecule has 9 rings (SSSR count). The lowest BCUT2D eigenvalue weighted by atomic mass is 9.43. The van der Waals surface area contributed by atoms with E-state index in [1.165, 1.54) is 20.0 Å². The van der Waals surface area contributed by atoms with Crippen LogP contribution in [0.15, 0.2) is 105 Å². The smallest absolute Gasteiger partial charge is 0.387 e. The first-order chi connectivity index (χ1) is 28.6. The van der Waals surface area contributed by atoms with Crippen LogP contribution in [-0.4, -0.2) is 31.3 Å². The van der Waals surface area contributed by atoms with Crippen LogP contribution in [0.1, 0.15) is 91.9 Å². The largest absolute Gasteiger partial charge is 0.469 e. The molecule has 8 heteroatoms. The number of hydrogen-bond acceptors (Lipinski definition) is 7. The molecule has 1 heterocycles. The third kappa shape index (κ3) is 7.24. The number of hydrogen-bond donors (Lipinski definition) is 0. The average Bonchev–Trinajstić information content (AvgIpc) is 3.53. The third-order valence-electron chi connectivity index (χ3n) is 15.8. The topological polar surface area (TPSA) is 88.1 Å². The molecule has 310 valence electrons. The molecule has 0 unspecified atom stereocenters. The molecule has 0 spiro atoms. The van der Waals surface area contributed by atoms with Crippen molar-refractivity contribution in [3.05, 3.63) is 97.1 Å². The van der Waals surface area contributed by atoms with Gasteiger partial charge in [-0.15, -0.1) is 0 Å². The number of carbonyl (C=O) groups excluding carboxylic acids is 2. The van der Waals surface area contributed by atoms with Crippen molar-refractivity contribution in [2.45, 2.75) is 104 Å². The first-order valence-electron chi connectivity index (χ1n) is 22.0. The fourth-order valence-electron chi connectivity index (χ4n) is 13.0. The van der Waals surface area contributed by atoms with Gasteiger partial charge in [0.05, 0.1) is 13.2 Å². The molecule has 4 fully saturated rings. The SMILES string of the molecule is COC(=O)CC[C@@H](C)[C@H]1CC[C@H]2[C@@H]3CC[C@@H]4C[C@H](OC(C)=O)CC[C@]4(C)[C@H]3C[C@H](Op3oc4c(-c5ccccc5)cccc4c4cccc(-c5ccccc5)c4o3)[C@]12C. The lowest BCUT2D eigenvalue weighted by Crippen LogP contribution is -2.60. The summed E-state index contributed by atoms with van der Waals surface area (Å²) in [5, 5.41) is 1.98. The van der Waals surface area contributed by atoms with Gasteiger partial charge in [0.25, 0.3) is 0 Å². The monoisotopic (exact) mass is 814 g/mol. The van der Waals surface area contributed by atoms with Gasteiger partial charge in [0, 0.05) is 40.7 Å². The van der Waals surface area contributed by atoms with Crippen LogP contribution in [-0.2, 0) is 19.1 Å². The number of methoxy groups -OCH3 is 1. The second-order valence-corrected chi connectivity index (χ2v) is 19.7. The van der Waals surface area contributed by atoms with Gasteiger partial charge in [-0.1, -0.05) is 118 Å². The van der Waals surface area contributed by atoms with Crippen molar-refractivity contribution in [3.63, 3.8) is 0 Å². The molecular formula is C51H59O7P. The predicted octanol–water partition coefficient (Wildman–Crippen LogP) is 13.2. The summed E-state index contributed by atoms with van der Waals surface area (Å²) in [6.45, 7) is 8.93. The van der Waals surface area contributed by atoms with Crippen LogP contribution in [0.3, 0.4) is 0 Å². The number of esters is 2.